The Morgan fingerprint density at radius 3 is 2.62 bits per heavy atom. The van der Waals surface area contributed by atoms with Crippen molar-refractivity contribution in [2.24, 2.45) is 24.6 Å². The van der Waals surface area contributed by atoms with Crippen LogP contribution in [0.5, 0.6) is 5.75 Å². The fraction of sp³-hybridized carbons (Fsp3) is 0.353. The number of nitrogens with one attached hydrogen (secondary N) is 2. The van der Waals surface area contributed by atoms with E-state index < -0.39 is 0 Å². The van der Waals surface area contributed by atoms with E-state index in [1.165, 1.54) is 12.8 Å². The summed E-state index contributed by atoms with van der Waals surface area (Å²) in [5, 5.41) is 1.03. The monoisotopic (exact) mass is 602 g/mol. The number of nitrogens with zero attached hydrogens (tertiary/aromatic N) is 5. The maximum atomic E-state index is 13.7. The highest BCUT2D eigenvalue weighted by Gasteiger charge is 2.47. The molecule has 0 radical (unpaired) electrons. The second kappa shape index (κ2) is 9.55. The number of hydrogen-bond acceptors (Lipinski definition) is 6. The predicted octanol–water partition coefficient (Wildman–Crippen LogP) is 4.41. The Bertz CT molecular complexity index is 2240. The molecule has 1 saturated heterocycles. The normalized spacial score (nSPS) is 21.1. The van der Waals surface area contributed by atoms with Crippen LogP contribution in [0.3, 0.4) is 0 Å². The number of carbonyl (C=O) groups excluding carboxylic acids is 1. The van der Waals surface area contributed by atoms with Gasteiger partial charge in [-0.25, -0.2) is 14.8 Å². The molecule has 2 bridgehead atoms. The van der Waals surface area contributed by atoms with Gasteiger partial charge in [-0.05, 0) is 80.0 Å². The first-order valence-corrected chi connectivity index (χ1v) is 15.7. The number of nitrogens with two attached hydrogens (primary N) is 1. The molecule has 45 heavy (non-hydrogen) atoms. The third kappa shape index (κ3) is 4.06. The molecule has 228 valence electrons. The molecular formula is C34H34N8O3. The molecular weight excluding hydrogens is 568 g/mol. The standard InChI is InChI=1S/C34H34N8O3/c1-40-30-25(12-21(14-28(30)45-2)33(43)42-16-20-7-10-26(42)29(20)35)37-32(40)27-13-19-6-8-22(36-31(19)41(27)15-17-3-4-17)18-5-9-23-24(11-18)39-34(44)38-23/h5-6,8-9,11-14,17,20,26,29H,3-4,7,10,15-16,35H2,1-2H3,(H2,38,39,44). The lowest BCUT2D eigenvalue weighted by molar-refractivity contribution is 0.0700. The zero-order valence-electron chi connectivity index (χ0n) is 25.2. The van der Waals surface area contributed by atoms with Crippen molar-refractivity contribution in [1.82, 2.24) is 34.0 Å². The fourth-order valence-corrected chi connectivity index (χ4v) is 7.68. The number of imidazole rings is 2. The second-order valence-corrected chi connectivity index (χ2v) is 13.0. The molecule has 2 saturated carbocycles. The molecule has 2 aromatic carbocycles. The zero-order valence-corrected chi connectivity index (χ0v) is 25.2. The van der Waals surface area contributed by atoms with E-state index in [2.05, 4.69) is 31.2 Å². The van der Waals surface area contributed by atoms with Crippen LogP contribution in [0.4, 0.5) is 0 Å². The van der Waals surface area contributed by atoms with Gasteiger partial charge in [-0.15, -0.1) is 0 Å². The van der Waals surface area contributed by atoms with Gasteiger partial charge in [-0.2, -0.15) is 0 Å². The SMILES string of the molecule is COc1cc(C(=O)N2CC3CCC2C3N)cc2nc(-c3cc4ccc(-c5ccc6[nH]c(=O)[nH]c6c5)nc4n3CC3CC3)n(C)c12. The first-order chi connectivity index (χ1) is 21.9. The number of H-pyrrole nitrogens is 2. The minimum atomic E-state index is -0.226. The molecule has 1 amide bonds. The maximum Gasteiger partial charge on any atom is 0.323 e. The van der Waals surface area contributed by atoms with Crippen molar-refractivity contribution >= 4 is 39.0 Å². The van der Waals surface area contributed by atoms with Crippen LogP contribution in [0.15, 0.2) is 53.3 Å². The van der Waals surface area contributed by atoms with Gasteiger partial charge in [0.2, 0.25) is 0 Å². The summed E-state index contributed by atoms with van der Waals surface area (Å²) in [5.74, 6) is 2.39. The molecule has 3 unspecified atom stereocenters. The first-order valence-electron chi connectivity index (χ1n) is 15.7. The summed E-state index contributed by atoms with van der Waals surface area (Å²) in [4.78, 5) is 43.4. The molecule has 5 heterocycles. The van der Waals surface area contributed by atoms with Crippen LogP contribution in [0, 0.1) is 11.8 Å². The van der Waals surface area contributed by atoms with E-state index in [0.717, 1.165) is 75.3 Å². The summed E-state index contributed by atoms with van der Waals surface area (Å²) in [5.41, 5.74) is 13.5. The van der Waals surface area contributed by atoms with Gasteiger partial charge in [0.15, 0.2) is 5.82 Å². The zero-order chi connectivity index (χ0) is 30.6. The molecule has 0 spiro atoms. The van der Waals surface area contributed by atoms with Crippen LogP contribution in [0.1, 0.15) is 36.0 Å². The summed E-state index contributed by atoms with van der Waals surface area (Å²) in [7, 11) is 3.64. The summed E-state index contributed by atoms with van der Waals surface area (Å²) in [6, 6.07) is 16.0. The smallest absolute Gasteiger partial charge is 0.323 e. The van der Waals surface area contributed by atoms with E-state index in [0.29, 0.717) is 29.7 Å². The quantitative estimate of drug-likeness (QED) is 0.258. The van der Waals surface area contributed by atoms with E-state index in [9.17, 15) is 9.59 Å². The number of amides is 1. The Morgan fingerprint density at radius 1 is 1.02 bits per heavy atom. The predicted molar refractivity (Wildman–Crippen MR) is 172 cm³/mol. The molecule has 4 N–H and O–H groups in total. The average Bonchev–Trinajstić information content (AvgIpc) is 3.26. The number of hydrogen-bond donors (Lipinski definition) is 3. The number of likely N-dealkylation sites (tertiary alicyclic amines) is 1. The van der Waals surface area contributed by atoms with Crippen molar-refractivity contribution in [2.45, 2.75) is 44.3 Å². The molecule has 1 aliphatic heterocycles. The van der Waals surface area contributed by atoms with Crippen molar-refractivity contribution in [3.05, 3.63) is 64.6 Å². The molecule has 3 fully saturated rings. The summed E-state index contributed by atoms with van der Waals surface area (Å²) < 4.78 is 10.2. The number of aromatic amines is 2. The molecule has 3 atom stereocenters. The number of fused-ring (bicyclic) bond motifs is 5. The van der Waals surface area contributed by atoms with E-state index in [-0.39, 0.29) is 23.7 Å². The molecule has 9 rings (SSSR count). The second-order valence-electron chi connectivity index (χ2n) is 13.0. The Hall–Kier alpha value is -4.90. The van der Waals surface area contributed by atoms with Crippen LogP contribution < -0.4 is 16.2 Å². The number of ether oxygens (including phenoxy) is 1. The lowest BCUT2D eigenvalue weighted by Crippen LogP contribution is -2.41. The van der Waals surface area contributed by atoms with E-state index in [1.54, 1.807) is 7.11 Å². The summed E-state index contributed by atoms with van der Waals surface area (Å²) in [6.45, 7) is 1.56. The van der Waals surface area contributed by atoms with Gasteiger partial charge in [0, 0.05) is 48.7 Å². The van der Waals surface area contributed by atoms with Crippen molar-refractivity contribution in [3.8, 4) is 28.5 Å². The van der Waals surface area contributed by atoms with Gasteiger partial charge in [-0.3, -0.25) is 4.79 Å². The largest absolute Gasteiger partial charge is 0.494 e. The van der Waals surface area contributed by atoms with Crippen LogP contribution >= 0.6 is 0 Å². The lowest BCUT2D eigenvalue weighted by Gasteiger charge is -2.27. The molecule has 4 aromatic heterocycles. The Labute approximate surface area is 258 Å². The Kier molecular flexibility index (Phi) is 5.62. The highest BCUT2D eigenvalue weighted by atomic mass is 16.5. The number of pyridine rings is 1. The fourth-order valence-electron chi connectivity index (χ4n) is 7.68. The number of carbonyl (C=O) groups is 1. The van der Waals surface area contributed by atoms with Gasteiger partial charge in [0.25, 0.3) is 5.91 Å². The lowest BCUT2D eigenvalue weighted by atomic mass is 10.1. The van der Waals surface area contributed by atoms with Crippen molar-refractivity contribution < 1.29 is 9.53 Å². The van der Waals surface area contributed by atoms with Crippen LogP contribution in [0.25, 0.3) is 55.9 Å². The highest BCUT2D eigenvalue weighted by molar-refractivity contribution is 6.00. The van der Waals surface area contributed by atoms with Crippen molar-refractivity contribution in [3.63, 3.8) is 0 Å². The number of benzene rings is 2. The number of aromatic nitrogens is 6. The third-order valence-electron chi connectivity index (χ3n) is 10.2. The first kappa shape index (κ1) is 26.5. The topological polar surface area (TPSA) is 140 Å². The molecule has 2 aliphatic carbocycles. The van der Waals surface area contributed by atoms with Crippen molar-refractivity contribution in [1.29, 1.82) is 0 Å². The minimum Gasteiger partial charge on any atom is -0.494 e. The number of aryl methyl sites for hydroxylation is 1. The molecule has 6 aromatic rings. The average molecular weight is 603 g/mol. The van der Waals surface area contributed by atoms with E-state index >= 15 is 0 Å². The third-order valence-corrected chi connectivity index (χ3v) is 10.2. The van der Waals surface area contributed by atoms with Gasteiger partial charge in [-0.1, -0.05) is 6.07 Å². The van der Waals surface area contributed by atoms with Gasteiger partial charge >= 0.3 is 5.69 Å². The highest BCUT2D eigenvalue weighted by Crippen LogP contribution is 2.40. The summed E-state index contributed by atoms with van der Waals surface area (Å²) >= 11 is 0. The Balaban J connectivity index is 1.16. The van der Waals surface area contributed by atoms with Crippen LogP contribution in [0.2, 0.25) is 0 Å². The van der Waals surface area contributed by atoms with Gasteiger partial charge in [0.1, 0.15) is 16.9 Å². The Morgan fingerprint density at radius 2 is 1.87 bits per heavy atom. The van der Waals surface area contributed by atoms with Crippen LogP contribution in [-0.2, 0) is 13.6 Å². The summed E-state index contributed by atoms with van der Waals surface area (Å²) in [6.07, 6.45) is 4.45. The minimum absolute atomic E-state index is 0.00784. The van der Waals surface area contributed by atoms with Crippen LogP contribution in [-0.4, -0.2) is 65.6 Å². The van der Waals surface area contributed by atoms with E-state index in [4.69, 9.17) is 20.4 Å². The number of rotatable bonds is 6. The number of methoxy groups -OCH3 is 1. The maximum absolute atomic E-state index is 13.7. The molecule has 11 heteroatoms. The van der Waals surface area contributed by atoms with Crippen molar-refractivity contribution in [2.75, 3.05) is 13.7 Å². The molecule has 11 nitrogen and oxygen atoms in total. The van der Waals surface area contributed by atoms with Gasteiger partial charge < -0.3 is 34.5 Å². The molecule has 3 aliphatic rings. The number of piperidine rings is 1. The van der Waals surface area contributed by atoms with E-state index in [1.807, 2.05) is 48.3 Å². The van der Waals surface area contributed by atoms with Gasteiger partial charge in [0.05, 0.1) is 35.0 Å².